The van der Waals surface area contributed by atoms with Crippen LogP contribution in [0.5, 0.6) is 0 Å². The highest BCUT2D eigenvalue weighted by Gasteiger charge is 2.36. The van der Waals surface area contributed by atoms with E-state index in [1.165, 1.54) is 18.9 Å². The molecule has 20 heavy (non-hydrogen) atoms. The van der Waals surface area contributed by atoms with Crippen molar-refractivity contribution in [2.45, 2.75) is 36.2 Å². The van der Waals surface area contributed by atoms with Gasteiger partial charge in [0.15, 0.2) is 0 Å². The van der Waals surface area contributed by atoms with Crippen LogP contribution in [-0.2, 0) is 10.0 Å². The third-order valence-electron chi connectivity index (χ3n) is 3.79. The van der Waals surface area contributed by atoms with Crippen LogP contribution in [-0.4, -0.2) is 38.5 Å². The standard InChI is InChI=1S/C13H16BrClN2O2S/c14-9-1-4-13(12(15)7-9)20(18,19)16-10-5-6-17(8-10)11-2-3-11/h1,4,7,10-11,16H,2-3,5-6,8H2. The van der Waals surface area contributed by atoms with Crippen LogP contribution in [0.1, 0.15) is 19.3 Å². The molecule has 0 radical (unpaired) electrons. The van der Waals surface area contributed by atoms with Crippen molar-refractivity contribution in [3.8, 4) is 0 Å². The van der Waals surface area contributed by atoms with Gasteiger partial charge in [-0.2, -0.15) is 0 Å². The lowest BCUT2D eigenvalue weighted by Crippen LogP contribution is -2.37. The number of rotatable bonds is 4. The summed E-state index contributed by atoms with van der Waals surface area (Å²) in [6, 6.07) is 5.48. The Balaban J connectivity index is 1.72. The number of hydrogen-bond acceptors (Lipinski definition) is 3. The molecule has 0 amide bonds. The molecule has 1 heterocycles. The second-order valence-corrected chi connectivity index (χ2v) is 8.41. The van der Waals surface area contributed by atoms with Crippen molar-refractivity contribution in [2.75, 3.05) is 13.1 Å². The molecule has 7 heteroatoms. The molecule has 1 aliphatic heterocycles. The summed E-state index contributed by atoms with van der Waals surface area (Å²) < 4.78 is 28.3. The first-order valence-electron chi connectivity index (χ1n) is 6.67. The Morgan fingerprint density at radius 3 is 2.70 bits per heavy atom. The molecule has 4 nitrogen and oxygen atoms in total. The number of benzene rings is 1. The Kier molecular flexibility index (Phi) is 4.12. The molecule has 0 spiro atoms. The quantitative estimate of drug-likeness (QED) is 0.875. The fourth-order valence-electron chi connectivity index (χ4n) is 2.63. The van der Waals surface area contributed by atoms with Crippen molar-refractivity contribution >= 4 is 37.6 Å². The van der Waals surface area contributed by atoms with Crippen LogP contribution in [0.25, 0.3) is 0 Å². The molecule has 0 bridgehead atoms. The molecule has 1 aromatic rings. The highest BCUT2D eigenvalue weighted by Crippen LogP contribution is 2.31. The molecule has 1 atom stereocenters. The summed E-state index contributed by atoms with van der Waals surface area (Å²) in [5.74, 6) is 0. The topological polar surface area (TPSA) is 49.4 Å². The van der Waals surface area contributed by atoms with Gasteiger partial charge in [-0.15, -0.1) is 0 Å². The summed E-state index contributed by atoms with van der Waals surface area (Å²) in [7, 11) is -3.55. The molecular weight excluding hydrogens is 364 g/mol. The molecule has 2 aliphatic rings. The summed E-state index contributed by atoms with van der Waals surface area (Å²) in [5, 5.41) is 0.240. The van der Waals surface area contributed by atoms with Gasteiger partial charge in [-0.1, -0.05) is 27.5 Å². The van der Waals surface area contributed by atoms with Crippen LogP contribution >= 0.6 is 27.5 Å². The average Bonchev–Trinajstić information content (AvgIpc) is 3.10. The number of hydrogen-bond donors (Lipinski definition) is 1. The van der Waals surface area contributed by atoms with Crippen molar-refractivity contribution in [2.24, 2.45) is 0 Å². The Labute approximate surface area is 132 Å². The lowest BCUT2D eigenvalue weighted by atomic mass is 10.3. The van der Waals surface area contributed by atoms with E-state index in [1.807, 2.05) is 0 Å². The normalized spacial score (nSPS) is 24.2. The molecule has 1 N–H and O–H groups in total. The molecule has 2 fully saturated rings. The van der Waals surface area contributed by atoms with E-state index in [-0.39, 0.29) is 16.0 Å². The Morgan fingerprint density at radius 2 is 2.05 bits per heavy atom. The van der Waals surface area contributed by atoms with Crippen molar-refractivity contribution in [3.05, 3.63) is 27.7 Å². The van der Waals surface area contributed by atoms with E-state index >= 15 is 0 Å². The van der Waals surface area contributed by atoms with E-state index in [0.29, 0.717) is 6.04 Å². The van der Waals surface area contributed by atoms with Crippen LogP contribution in [0.2, 0.25) is 5.02 Å². The fraction of sp³-hybridized carbons (Fsp3) is 0.538. The van der Waals surface area contributed by atoms with E-state index in [4.69, 9.17) is 11.6 Å². The highest BCUT2D eigenvalue weighted by atomic mass is 79.9. The average molecular weight is 380 g/mol. The third kappa shape index (κ3) is 3.20. The predicted octanol–water partition coefficient (Wildman–Crippen LogP) is 2.62. The summed E-state index contributed by atoms with van der Waals surface area (Å²) in [6.07, 6.45) is 3.36. The maximum Gasteiger partial charge on any atom is 0.242 e. The van der Waals surface area contributed by atoms with Crippen LogP contribution in [0.3, 0.4) is 0 Å². The number of nitrogens with zero attached hydrogens (tertiary/aromatic N) is 1. The number of likely N-dealkylation sites (tertiary alicyclic amines) is 1. The molecule has 110 valence electrons. The van der Waals surface area contributed by atoms with Gasteiger partial charge < -0.3 is 0 Å². The first kappa shape index (κ1) is 14.8. The van der Waals surface area contributed by atoms with E-state index in [9.17, 15) is 8.42 Å². The smallest absolute Gasteiger partial charge is 0.242 e. The molecule has 3 rings (SSSR count). The van der Waals surface area contributed by atoms with E-state index in [0.717, 1.165) is 24.0 Å². The van der Waals surface area contributed by atoms with Crippen molar-refractivity contribution in [3.63, 3.8) is 0 Å². The van der Waals surface area contributed by atoms with Gasteiger partial charge in [0.25, 0.3) is 0 Å². The van der Waals surface area contributed by atoms with Crippen LogP contribution in [0.15, 0.2) is 27.6 Å². The van der Waals surface area contributed by atoms with Crippen molar-refractivity contribution in [1.29, 1.82) is 0 Å². The largest absolute Gasteiger partial charge is 0.299 e. The fourth-order valence-corrected chi connectivity index (χ4v) is 4.93. The molecule has 1 unspecified atom stereocenters. The predicted molar refractivity (Wildman–Crippen MR) is 82.5 cm³/mol. The third-order valence-corrected chi connectivity index (χ3v) is 6.28. The van der Waals surface area contributed by atoms with Gasteiger partial charge in [-0.3, -0.25) is 4.90 Å². The number of nitrogens with one attached hydrogen (secondary N) is 1. The molecule has 0 aromatic heterocycles. The SMILES string of the molecule is O=S(=O)(NC1CCN(C2CC2)C1)c1ccc(Br)cc1Cl. The molecule has 1 aliphatic carbocycles. The minimum atomic E-state index is -3.55. The van der Waals surface area contributed by atoms with E-state index in [1.54, 1.807) is 12.1 Å². The lowest BCUT2D eigenvalue weighted by molar-refractivity contribution is 0.322. The van der Waals surface area contributed by atoms with Crippen LogP contribution in [0, 0.1) is 0 Å². The highest BCUT2D eigenvalue weighted by molar-refractivity contribution is 9.10. The summed E-state index contributed by atoms with van der Waals surface area (Å²) in [5.41, 5.74) is 0. The van der Waals surface area contributed by atoms with Gasteiger partial charge in [0.05, 0.1) is 5.02 Å². The zero-order valence-corrected chi connectivity index (χ0v) is 14.0. The van der Waals surface area contributed by atoms with Gasteiger partial charge in [0, 0.05) is 29.6 Å². The first-order valence-corrected chi connectivity index (χ1v) is 9.32. The Bertz CT molecular complexity index is 619. The van der Waals surface area contributed by atoms with E-state index < -0.39 is 10.0 Å². The zero-order chi connectivity index (χ0) is 14.3. The van der Waals surface area contributed by atoms with Gasteiger partial charge in [-0.05, 0) is 37.5 Å². The van der Waals surface area contributed by atoms with Gasteiger partial charge in [0.1, 0.15) is 4.90 Å². The number of sulfonamides is 1. The minimum absolute atomic E-state index is 0.0136. The minimum Gasteiger partial charge on any atom is -0.299 e. The van der Waals surface area contributed by atoms with Gasteiger partial charge in [-0.25, -0.2) is 13.1 Å². The second-order valence-electron chi connectivity index (χ2n) is 5.41. The number of halogens is 2. The summed E-state index contributed by atoms with van der Waals surface area (Å²) >= 11 is 9.30. The summed E-state index contributed by atoms with van der Waals surface area (Å²) in [6.45, 7) is 1.78. The lowest BCUT2D eigenvalue weighted by Gasteiger charge is -2.16. The first-order chi connectivity index (χ1) is 9.45. The zero-order valence-electron chi connectivity index (χ0n) is 10.9. The Morgan fingerprint density at radius 1 is 1.30 bits per heavy atom. The van der Waals surface area contributed by atoms with Gasteiger partial charge >= 0.3 is 0 Å². The molecule has 1 saturated heterocycles. The maximum absolute atomic E-state index is 12.4. The molecular formula is C13H16BrClN2O2S. The van der Waals surface area contributed by atoms with Crippen molar-refractivity contribution in [1.82, 2.24) is 9.62 Å². The van der Waals surface area contributed by atoms with Crippen LogP contribution < -0.4 is 4.72 Å². The van der Waals surface area contributed by atoms with Gasteiger partial charge in [0.2, 0.25) is 10.0 Å². The van der Waals surface area contributed by atoms with E-state index in [2.05, 4.69) is 25.6 Å². The summed E-state index contributed by atoms with van der Waals surface area (Å²) in [4.78, 5) is 2.52. The van der Waals surface area contributed by atoms with Crippen molar-refractivity contribution < 1.29 is 8.42 Å². The molecule has 1 saturated carbocycles. The second kappa shape index (κ2) is 5.57. The monoisotopic (exact) mass is 378 g/mol. The Hall–Kier alpha value is -0.140. The van der Waals surface area contributed by atoms with Crippen LogP contribution in [0.4, 0.5) is 0 Å². The maximum atomic E-state index is 12.4. The molecule has 1 aromatic carbocycles.